The third-order valence-electron chi connectivity index (χ3n) is 2.45. The molecule has 0 nitrogen and oxygen atoms in total. The van der Waals surface area contributed by atoms with Gasteiger partial charge in [-0.3, -0.25) is 0 Å². The minimum atomic E-state index is -2.15. The fraction of sp³-hybridized carbons (Fsp3) is 0.833. The van der Waals surface area contributed by atoms with Gasteiger partial charge in [0.25, 0.3) is 0 Å². The molecule has 90 valence electrons. The molecule has 0 aliphatic rings. The summed E-state index contributed by atoms with van der Waals surface area (Å²) in [6.45, 7) is 2.17. The van der Waals surface area contributed by atoms with Gasteiger partial charge in [0.05, 0.1) is 0 Å². The molecule has 0 spiro atoms. The van der Waals surface area contributed by atoms with Gasteiger partial charge in [-0.15, -0.1) is 0 Å². The normalized spacial score (nSPS) is 10.4. The lowest BCUT2D eigenvalue weighted by atomic mass is 10.1. The summed E-state index contributed by atoms with van der Waals surface area (Å²) in [4.78, 5) is 0. The number of allylic oxidation sites excluding steroid dienone is 1. The van der Waals surface area contributed by atoms with Crippen LogP contribution >= 0.6 is 0 Å². The molecule has 0 amide bonds. The first-order chi connectivity index (χ1) is 7.18. The molecule has 0 heterocycles. The molecule has 0 aromatic rings. The SMILES string of the molecule is CCCCCCCCCCC(F)=C(F)F. The molecule has 0 unspecified atom stereocenters. The summed E-state index contributed by atoms with van der Waals surface area (Å²) in [5.74, 6) is -1.24. The van der Waals surface area contributed by atoms with Crippen molar-refractivity contribution in [3.8, 4) is 0 Å². The van der Waals surface area contributed by atoms with Crippen LogP contribution in [0.4, 0.5) is 13.2 Å². The van der Waals surface area contributed by atoms with E-state index in [1.807, 2.05) is 0 Å². The van der Waals surface area contributed by atoms with E-state index in [2.05, 4.69) is 6.92 Å². The van der Waals surface area contributed by atoms with Gasteiger partial charge in [-0.25, -0.2) is 4.39 Å². The van der Waals surface area contributed by atoms with Crippen molar-refractivity contribution in [1.82, 2.24) is 0 Å². The third kappa shape index (κ3) is 9.83. The molecule has 3 heteroatoms. The summed E-state index contributed by atoms with van der Waals surface area (Å²) >= 11 is 0. The van der Waals surface area contributed by atoms with E-state index in [-0.39, 0.29) is 6.42 Å². The molecule has 0 aromatic carbocycles. The lowest BCUT2D eigenvalue weighted by molar-refractivity contribution is 0.367. The molecule has 0 saturated carbocycles. The maximum Gasteiger partial charge on any atom is 0.301 e. The number of unbranched alkanes of at least 4 members (excludes halogenated alkanes) is 7. The van der Waals surface area contributed by atoms with Crippen LogP contribution in [0, 0.1) is 0 Å². The molecule has 0 atom stereocenters. The van der Waals surface area contributed by atoms with E-state index >= 15 is 0 Å². The lowest BCUT2D eigenvalue weighted by Gasteiger charge is -2.00. The Labute approximate surface area is 90.6 Å². The minimum absolute atomic E-state index is 0.0999. The highest BCUT2D eigenvalue weighted by atomic mass is 19.3. The molecular formula is C12H21F3. The van der Waals surface area contributed by atoms with Crippen molar-refractivity contribution >= 4 is 0 Å². The zero-order valence-electron chi connectivity index (χ0n) is 9.50. The second-order valence-corrected chi connectivity index (χ2v) is 3.89. The topological polar surface area (TPSA) is 0 Å². The Morgan fingerprint density at radius 2 is 1.20 bits per heavy atom. The van der Waals surface area contributed by atoms with E-state index in [0.717, 1.165) is 19.3 Å². The van der Waals surface area contributed by atoms with Gasteiger partial charge < -0.3 is 0 Å². The van der Waals surface area contributed by atoms with Crippen LogP contribution in [0.1, 0.15) is 64.7 Å². The fourth-order valence-corrected chi connectivity index (χ4v) is 1.51. The van der Waals surface area contributed by atoms with Crippen LogP contribution in [0.25, 0.3) is 0 Å². The van der Waals surface area contributed by atoms with Crippen LogP contribution in [0.2, 0.25) is 0 Å². The molecule has 0 aliphatic heterocycles. The lowest BCUT2D eigenvalue weighted by Crippen LogP contribution is -1.82. The molecule has 0 fully saturated rings. The largest absolute Gasteiger partial charge is 0.301 e. The Balaban J connectivity index is 3.15. The van der Waals surface area contributed by atoms with E-state index in [4.69, 9.17) is 0 Å². The molecule has 0 rings (SSSR count). The van der Waals surface area contributed by atoms with Crippen LogP contribution in [0.3, 0.4) is 0 Å². The zero-order valence-corrected chi connectivity index (χ0v) is 9.50. The van der Waals surface area contributed by atoms with Gasteiger partial charge in [-0.05, 0) is 6.42 Å². The summed E-state index contributed by atoms with van der Waals surface area (Å²) in [5.41, 5.74) is 0. The van der Waals surface area contributed by atoms with Gasteiger partial charge in [0.15, 0.2) is 5.83 Å². The summed E-state index contributed by atoms with van der Waals surface area (Å²) in [6, 6.07) is 0. The number of hydrogen-bond acceptors (Lipinski definition) is 0. The molecule has 0 aliphatic carbocycles. The van der Waals surface area contributed by atoms with Gasteiger partial charge in [-0.1, -0.05) is 51.9 Å². The van der Waals surface area contributed by atoms with E-state index < -0.39 is 11.9 Å². The molecule has 0 N–H and O–H groups in total. The van der Waals surface area contributed by atoms with E-state index in [1.165, 1.54) is 25.7 Å². The van der Waals surface area contributed by atoms with E-state index in [9.17, 15) is 13.2 Å². The molecule has 0 bridgehead atoms. The molecule has 0 saturated heterocycles. The van der Waals surface area contributed by atoms with Gasteiger partial charge >= 0.3 is 6.08 Å². The molecule has 0 aromatic heterocycles. The molecule has 0 radical (unpaired) electrons. The van der Waals surface area contributed by atoms with Crippen molar-refractivity contribution in [2.24, 2.45) is 0 Å². The van der Waals surface area contributed by atoms with Crippen molar-refractivity contribution in [1.29, 1.82) is 0 Å². The van der Waals surface area contributed by atoms with Crippen molar-refractivity contribution < 1.29 is 13.2 Å². The Morgan fingerprint density at radius 3 is 1.67 bits per heavy atom. The summed E-state index contributed by atoms with van der Waals surface area (Å²) in [7, 11) is 0. The Morgan fingerprint density at radius 1 is 0.733 bits per heavy atom. The Bertz CT molecular complexity index is 172. The highest BCUT2D eigenvalue weighted by Gasteiger charge is 2.03. The van der Waals surface area contributed by atoms with E-state index in [0.29, 0.717) is 6.42 Å². The highest BCUT2D eigenvalue weighted by molar-refractivity contribution is 4.90. The maximum absolute atomic E-state index is 12.3. The first-order valence-electron chi connectivity index (χ1n) is 5.88. The summed E-state index contributed by atoms with van der Waals surface area (Å²) in [5, 5.41) is 0. The van der Waals surface area contributed by atoms with Gasteiger partial charge in [-0.2, -0.15) is 8.78 Å². The van der Waals surface area contributed by atoms with Gasteiger partial charge in [0.2, 0.25) is 0 Å². The quantitative estimate of drug-likeness (QED) is 0.446. The second kappa shape index (κ2) is 10.1. The third-order valence-corrected chi connectivity index (χ3v) is 2.45. The number of halogens is 3. The maximum atomic E-state index is 12.3. The van der Waals surface area contributed by atoms with Crippen LogP contribution in [-0.2, 0) is 0 Å². The van der Waals surface area contributed by atoms with Crippen LogP contribution in [0.5, 0.6) is 0 Å². The minimum Gasteiger partial charge on any atom is -0.206 e. The van der Waals surface area contributed by atoms with E-state index in [1.54, 1.807) is 0 Å². The zero-order chi connectivity index (χ0) is 11.5. The predicted molar refractivity (Wildman–Crippen MR) is 57.6 cm³/mol. The van der Waals surface area contributed by atoms with Crippen LogP contribution in [0.15, 0.2) is 11.9 Å². The number of rotatable bonds is 9. The number of hydrogen-bond donors (Lipinski definition) is 0. The smallest absolute Gasteiger partial charge is 0.206 e. The van der Waals surface area contributed by atoms with Crippen molar-refractivity contribution in [2.45, 2.75) is 64.7 Å². The Hall–Kier alpha value is -0.470. The van der Waals surface area contributed by atoms with Gasteiger partial charge in [0.1, 0.15) is 0 Å². The second-order valence-electron chi connectivity index (χ2n) is 3.89. The van der Waals surface area contributed by atoms with Crippen molar-refractivity contribution in [3.05, 3.63) is 11.9 Å². The predicted octanol–water partition coefficient (Wildman–Crippen LogP) is 5.59. The average molecular weight is 222 g/mol. The molecule has 15 heavy (non-hydrogen) atoms. The fourth-order valence-electron chi connectivity index (χ4n) is 1.51. The first kappa shape index (κ1) is 14.5. The van der Waals surface area contributed by atoms with Crippen molar-refractivity contribution in [2.75, 3.05) is 0 Å². The first-order valence-corrected chi connectivity index (χ1v) is 5.88. The van der Waals surface area contributed by atoms with Gasteiger partial charge in [0, 0.05) is 6.42 Å². The van der Waals surface area contributed by atoms with Crippen LogP contribution in [-0.4, -0.2) is 0 Å². The monoisotopic (exact) mass is 222 g/mol. The highest BCUT2D eigenvalue weighted by Crippen LogP contribution is 2.17. The standard InChI is InChI=1S/C12H21F3/c1-2-3-4-5-6-7-8-9-10-11(13)12(14)15/h2-10H2,1H3. The van der Waals surface area contributed by atoms with Crippen LogP contribution < -0.4 is 0 Å². The summed E-state index contributed by atoms with van der Waals surface area (Å²) in [6.07, 6.45) is 6.28. The summed E-state index contributed by atoms with van der Waals surface area (Å²) < 4.78 is 35.6. The molecular weight excluding hydrogens is 201 g/mol. The Kier molecular flexibility index (Phi) is 9.75. The van der Waals surface area contributed by atoms with Crippen molar-refractivity contribution in [3.63, 3.8) is 0 Å². The average Bonchev–Trinajstić information content (AvgIpc) is 2.21.